The van der Waals surface area contributed by atoms with Crippen LogP contribution in [0.4, 0.5) is 4.79 Å². The molecule has 0 aliphatic heterocycles. The molecule has 31 heavy (non-hydrogen) atoms. The van der Waals surface area contributed by atoms with Gasteiger partial charge in [-0.05, 0) is 72.8 Å². The van der Waals surface area contributed by atoms with E-state index in [1.807, 2.05) is 41.5 Å². The molecular weight excluding hydrogens is 456 g/mol. The largest absolute Gasteiger partial charge is 0.504 e. The summed E-state index contributed by atoms with van der Waals surface area (Å²) < 4.78 is 39.0. The summed E-state index contributed by atoms with van der Waals surface area (Å²) in [6.45, 7) is 15.0. The number of urea groups is 1. The number of nitrogens with two attached hydrogens (primary N) is 1. The van der Waals surface area contributed by atoms with Gasteiger partial charge in [0, 0.05) is 57.0 Å². The van der Waals surface area contributed by atoms with Crippen LogP contribution in [0.3, 0.4) is 0 Å². The maximum atomic E-state index is 11.0. The molecule has 2 amide bonds. The highest BCUT2D eigenvalue weighted by molar-refractivity contribution is 7.97. The van der Waals surface area contributed by atoms with Crippen LogP contribution in [0, 0.1) is 0 Å². The molecule has 0 aliphatic carbocycles. The Balaban J connectivity index is 5.42. The predicted molar refractivity (Wildman–Crippen MR) is 129 cm³/mol. The highest BCUT2D eigenvalue weighted by Crippen LogP contribution is 2.36. The van der Waals surface area contributed by atoms with E-state index in [4.69, 9.17) is 32.3 Å². The predicted octanol–water partition coefficient (Wildman–Crippen LogP) is 3.94. The van der Waals surface area contributed by atoms with Crippen LogP contribution in [0.15, 0.2) is 0 Å². The molecule has 0 aromatic heterocycles. The molecule has 0 fully saturated rings. The lowest BCUT2D eigenvalue weighted by Gasteiger charge is -2.36. The molecule has 0 bridgehead atoms. The first-order chi connectivity index (χ1) is 14.9. The molecule has 12 heteroatoms. The Morgan fingerprint density at radius 2 is 1.26 bits per heavy atom. The molecule has 1 unspecified atom stereocenters. The first-order valence-electron chi connectivity index (χ1n) is 11.4. The highest BCUT2D eigenvalue weighted by atomic mass is 32.2. The smallest absolute Gasteiger partial charge is 0.374 e. The number of primary amides is 1. The third kappa shape index (κ3) is 12.0. The Bertz CT molecular complexity index is 433. The van der Waals surface area contributed by atoms with E-state index in [0.29, 0.717) is 45.4 Å². The maximum absolute atomic E-state index is 11.0. The van der Waals surface area contributed by atoms with Crippen molar-refractivity contribution in [2.45, 2.75) is 72.4 Å². The molecule has 0 rings (SSSR count). The first kappa shape index (κ1) is 30.8. The SMILES string of the molecule is CCO[Si](CCCC(CCSNC(N)=O)[Si](OCC)(OCC)OCC)(OCC)OCC. The van der Waals surface area contributed by atoms with Crippen LogP contribution < -0.4 is 10.5 Å². The molecule has 0 aromatic carbocycles. The lowest BCUT2D eigenvalue weighted by atomic mass is 10.2. The standard InChI is InChI=1S/C19H44N2O7SSi2/c1-7-23-30(24-8-2,25-9-3)17-13-14-18(15-16-29-21-19(20)22)31(26-10-4,27-11-5)28-12-6/h18H,7-17H2,1-6H3,(H3,20,21,22). The summed E-state index contributed by atoms with van der Waals surface area (Å²) in [5.74, 6) is 0.681. The average Bonchev–Trinajstić information content (AvgIpc) is 2.70. The molecule has 0 saturated heterocycles. The van der Waals surface area contributed by atoms with Crippen molar-refractivity contribution in [2.24, 2.45) is 5.73 Å². The number of rotatable bonds is 21. The van der Waals surface area contributed by atoms with Crippen molar-refractivity contribution < 1.29 is 31.4 Å². The fraction of sp³-hybridized carbons (Fsp3) is 0.947. The van der Waals surface area contributed by atoms with Crippen LogP contribution >= 0.6 is 11.9 Å². The fourth-order valence-corrected chi connectivity index (χ4v) is 10.2. The summed E-state index contributed by atoms with van der Waals surface area (Å²) in [5.41, 5.74) is 5.25. The van der Waals surface area contributed by atoms with Gasteiger partial charge in [0.1, 0.15) is 0 Å². The van der Waals surface area contributed by atoms with Crippen LogP contribution in [0.1, 0.15) is 60.8 Å². The van der Waals surface area contributed by atoms with Gasteiger partial charge >= 0.3 is 23.6 Å². The van der Waals surface area contributed by atoms with Crippen molar-refractivity contribution in [2.75, 3.05) is 45.4 Å². The Labute approximate surface area is 195 Å². The third-order valence-electron chi connectivity index (χ3n) is 4.41. The molecule has 0 heterocycles. The van der Waals surface area contributed by atoms with Crippen molar-refractivity contribution in [1.29, 1.82) is 0 Å². The van der Waals surface area contributed by atoms with Gasteiger partial charge in [-0.3, -0.25) is 4.72 Å². The van der Waals surface area contributed by atoms with Gasteiger partial charge in [-0.25, -0.2) is 4.79 Å². The average molecular weight is 501 g/mol. The topological polar surface area (TPSA) is 111 Å². The normalized spacial score (nSPS) is 13.4. The maximum Gasteiger partial charge on any atom is 0.504 e. The Hall–Kier alpha value is -0.186. The molecule has 0 aromatic rings. The van der Waals surface area contributed by atoms with E-state index in [2.05, 4.69) is 4.72 Å². The summed E-state index contributed by atoms with van der Waals surface area (Å²) in [6.07, 6.45) is 2.43. The molecule has 0 spiro atoms. The van der Waals surface area contributed by atoms with E-state index in [-0.39, 0.29) is 5.54 Å². The van der Waals surface area contributed by atoms with Crippen LogP contribution in [-0.2, 0) is 26.6 Å². The number of amides is 2. The van der Waals surface area contributed by atoms with E-state index in [1.54, 1.807) is 0 Å². The van der Waals surface area contributed by atoms with Gasteiger partial charge < -0.3 is 32.3 Å². The number of nitrogens with one attached hydrogen (secondary N) is 1. The van der Waals surface area contributed by atoms with Gasteiger partial charge in [0.05, 0.1) is 0 Å². The summed E-state index contributed by atoms with van der Waals surface area (Å²) in [6, 6.07) is 0.172. The Morgan fingerprint density at radius 1 is 0.806 bits per heavy atom. The Morgan fingerprint density at radius 3 is 1.65 bits per heavy atom. The van der Waals surface area contributed by atoms with Crippen LogP contribution in [0.2, 0.25) is 11.6 Å². The van der Waals surface area contributed by atoms with E-state index in [9.17, 15) is 4.79 Å². The number of hydrogen-bond donors (Lipinski definition) is 2. The first-order valence-corrected chi connectivity index (χ1v) is 16.1. The van der Waals surface area contributed by atoms with Crippen LogP contribution in [-0.4, -0.2) is 69.0 Å². The second-order valence-electron chi connectivity index (χ2n) is 6.58. The van der Waals surface area contributed by atoms with Gasteiger partial charge in [-0.2, -0.15) is 0 Å². The molecule has 0 aliphatic rings. The molecule has 9 nitrogen and oxygen atoms in total. The van der Waals surface area contributed by atoms with E-state index in [1.165, 1.54) is 11.9 Å². The molecule has 186 valence electrons. The second kappa shape index (κ2) is 18.3. The lowest BCUT2D eigenvalue weighted by molar-refractivity contribution is 0.0570. The van der Waals surface area contributed by atoms with Crippen LogP contribution in [0.5, 0.6) is 0 Å². The summed E-state index contributed by atoms with van der Waals surface area (Å²) in [4.78, 5) is 11.0. The van der Waals surface area contributed by atoms with Crippen molar-refractivity contribution in [3.8, 4) is 0 Å². The van der Waals surface area contributed by atoms with E-state index < -0.39 is 23.6 Å². The number of carbonyl (C=O) groups is 1. The van der Waals surface area contributed by atoms with E-state index >= 15 is 0 Å². The Kier molecular flexibility index (Phi) is 18.2. The zero-order valence-corrected chi connectivity index (χ0v) is 23.0. The summed E-state index contributed by atoms with van der Waals surface area (Å²) >= 11 is 1.29. The van der Waals surface area contributed by atoms with Gasteiger partial charge in [-0.15, -0.1) is 0 Å². The minimum Gasteiger partial charge on any atom is -0.374 e. The molecular formula is C19H44N2O7SSi2. The van der Waals surface area contributed by atoms with Gasteiger partial charge in [0.15, 0.2) is 0 Å². The number of hydrogen-bond acceptors (Lipinski definition) is 8. The minimum atomic E-state index is -2.92. The molecule has 1 atom stereocenters. The quantitative estimate of drug-likeness (QED) is 0.138. The van der Waals surface area contributed by atoms with Gasteiger partial charge in [-0.1, -0.05) is 0 Å². The minimum absolute atomic E-state index is 0.0751. The van der Waals surface area contributed by atoms with E-state index in [0.717, 1.165) is 25.3 Å². The lowest BCUT2D eigenvalue weighted by Crippen LogP contribution is -2.51. The summed E-state index contributed by atoms with van der Waals surface area (Å²) in [5, 5.41) is 0. The zero-order chi connectivity index (χ0) is 23.6. The van der Waals surface area contributed by atoms with Crippen molar-refractivity contribution in [3.63, 3.8) is 0 Å². The van der Waals surface area contributed by atoms with Gasteiger partial charge in [0.25, 0.3) is 0 Å². The summed E-state index contributed by atoms with van der Waals surface area (Å²) in [7, 11) is -5.63. The third-order valence-corrected chi connectivity index (χ3v) is 12.0. The van der Waals surface area contributed by atoms with Crippen molar-refractivity contribution in [3.05, 3.63) is 0 Å². The number of carbonyl (C=O) groups excluding carboxylic acids is 1. The van der Waals surface area contributed by atoms with Crippen LogP contribution in [0.25, 0.3) is 0 Å². The second-order valence-corrected chi connectivity index (χ2v) is 13.1. The van der Waals surface area contributed by atoms with Crippen molar-refractivity contribution in [1.82, 2.24) is 4.72 Å². The fourth-order valence-electron chi connectivity index (χ4n) is 3.47. The van der Waals surface area contributed by atoms with Crippen molar-refractivity contribution >= 4 is 35.6 Å². The molecule has 0 radical (unpaired) electrons. The highest BCUT2D eigenvalue weighted by Gasteiger charge is 2.49. The molecule has 0 saturated carbocycles. The zero-order valence-electron chi connectivity index (χ0n) is 20.2. The monoisotopic (exact) mass is 500 g/mol. The van der Waals surface area contributed by atoms with Gasteiger partial charge in [0.2, 0.25) is 0 Å². The molecule has 3 N–H and O–H groups in total.